The predicted octanol–water partition coefficient (Wildman–Crippen LogP) is 0.636. The minimum atomic E-state index is -0.692. The molecular weight excluding hydrogens is 143 g/mol. The number of hydrogen-bond donors (Lipinski definition) is 1. The Hall–Kier alpha value is -0.150. The third kappa shape index (κ3) is 1.91. The van der Waals surface area contributed by atoms with Crippen LogP contribution in [0.25, 0.3) is 0 Å². The molecular formula is C8H17FN2. The topological polar surface area (TPSA) is 15.3 Å². The molecule has 3 heteroatoms. The van der Waals surface area contributed by atoms with Crippen LogP contribution < -0.4 is 5.32 Å². The van der Waals surface area contributed by atoms with Gasteiger partial charge in [-0.1, -0.05) is 0 Å². The SMILES string of the molecule is CC(C)N(C)C1CNCC1F. The van der Waals surface area contributed by atoms with Crippen molar-refractivity contribution in [3.8, 4) is 0 Å². The van der Waals surface area contributed by atoms with Crippen molar-refractivity contribution < 1.29 is 4.39 Å². The molecule has 0 bridgehead atoms. The van der Waals surface area contributed by atoms with Crippen LogP contribution in [0.3, 0.4) is 0 Å². The Kier molecular flexibility index (Phi) is 2.84. The average Bonchev–Trinajstić information content (AvgIpc) is 2.33. The molecule has 1 aliphatic rings. The highest BCUT2D eigenvalue weighted by Gasteiger charge is 2.30. The van der Waals surface area contributed by atoms with E-state index in [9.17, 15) is 4.39 Å². The van der Waals surface area contributed by atoms with E-state index >= 15 is 0 Å². The number of nitrogens with one attached hydrogen (secondary N) is 1. The molecule has 2 nitrogen and oxygen atoms in total. The van der Waals surface area contributed by atoms with Gasteiger partial charge in [-0.25, -0.2) is 4.39 Å². The quantitative estimate of drug-likeness (QED) is 0.637. The number of halogens is 1. The second-order valence-electron chi connectivity index (χ2n) is 3.50. The Balaban J connectivity index is 2.45. The fourth-order valence-corrected chi connectivity index (χ4v) is 1.42. The summed E-state index contributed by atoms with van der Waals surface area (Å²) in [5.74, 6) is 0. The zero-order valence-corrected chi connectivity index (χ0v) is 7.47. The molecule has 1 rings (SSSR count). The molecule has 66 valence electrons. The van der Waals surface area contributed by atoms with E-state index in [1.807, 2.05) is 7.05 Å². The monoisotopic (exact) mass is 160 g/mol. The molecule has 2 unspecified atom stereocenters. The smallest absolute Gasteiger partial charge is 0.129 e. The van der Waals surface area contributed by atoms with Gasteiger partial charge >= 0.3 is 0 Å². The summed E-state index contributed by atoms with van der Waals surface area (Å²) >= 11 is 0. The van der Waals surface area contributed by atoms with Crippen molar-refractivity contribution in [2.45, 2.75) is 32.1 Å². The van der Waals surface area contributed by atoms with Crippen LogP contribution in [0.5, 0.6) is 0 Å². The second-order valence-corrected chi connectivity index (χ2v) is 3.50. The van der Waals surface area contributed by atoms with Crippen LogP contribution in [0.2, 0.25) is 0 Å². The van der Waals surface area contributed by atoms with Crippen molar-refractivity contribution >= 4 is 0 Å². The van der Waals surface area contributed by atoms with Gasteiger partial charge in [-0.3, -0.25) is 4.90 Å². The van der Waals surface area contributed by atoms with Gasteiger partial charge in [0.15, 0.2) is 0 Å². The average molecular weight is 160 g/mol. The molecule has 0 spiro atoms. The minimum Gasteiger partial charge on any atom is -0.312 e. The van der Waals surface area contributed by atoms with Crippen molar-refractivity contribution in [2.75, 3.05) is 20.1 Å². The van der Waals surface area contributed by atoms with E-state index in [2.05, 4.69) is 24.1 Å². The van der Waals surface area contributed by atoms with E-state index in [0.29, 0.717) is 12.6 Å². The maximum absolute atomic E-state index is 13.1. The summed E-state index contributed by atoms with van der Waals surface area (Å²) < 4.78 is 13.1. The van der Waals surface area contributed by atoms with Gasteiger partial charge < -0.3 is 5.32 Å². The molecule has 1 saturated heterocycles. The Morgan fingerprint density at radius 2 is 2.09 bits per heavy atom. The molecule has 1 fully saturated rings. The van der Waals surface area contributed by atoms with E-state index in [1.165, 1.54) is 0 Å². The van der Waals surface area contributed by atoms with E-state index in [0.717, 1.165) is 6.54 Å². The molecule has 0 saturated carbocycles. The summed E-state index contributed by atoms with van der Waals surface area (Å²) in [6, 6.07) is 0.508. The largest absolute Gasteiger partial charge is 0.312 e. The molecule has 0 radical (unpaired) electrons. The van der Waals surface area contributed by atoms with Gasteiger partial charge in [0.2, 0.25) is 0 Å². The summed E-state index contributed by atoms with van der Waals surface area (Å²) in [5, 5.41) is 3.04. The fourth-order valence-electron chi connectivity index (χ4n) is 1.42. The highest BCUT2D eigenvalue weighted by atomic mass is 19.1. The summed E-state index contributed by atoms with van der Waals surface area (Å²) in [6.45, 7) is 5.48. The van der Waals surface area contributed by atoms with Gasteiger partial charge in [-0.15, -0.1) is 0 Å². The third-order valence-electron chi connectivity index (χ3n) is 2.45. The van der Waals surface area contributed by atoms with Crippen molar-refractivity contribution in [1.82, 2.24) is 10.2 Å². The van der Waals surface area contributed by atoms with Gasteiger partial charge in [-0.2, -0.15) is 0 Å². The number of nitrogens with zero attached hydrogens (tertiary/aromatic N) is 1. The van der Waals surface area contributed by atoms with Gasteiger partial charge in [0, 0.05) is 19.1 Å². The molecule has 0 aromatic rings. The highest BCUT2D eigenvalue weighted by Crippen LogP contribution is 2.12. The maximum Gasteiger partial charge on any atom is 0.129 e. The summed E-state index contributed by atoms with van der Waals surface area (Å²) in [6.07, 6.45) is -0.692. The van der Waals surface area contributed by atoms with Crippen LogP contribution in [0.4, 0.5) is 4.39 Å². The lowest BCUT2D eigenvalue weighted by atomic mass is 10.2. The molecule has 1 N–H and O–H groups in total. The van der Waals surface area contributed by atoms with Crippen LogP contribution >= 0.6 is 0 Å². The first-order chi connectivity index (χ1) is 5.13. The summed E-state index contributed by atoms with van der Waals surface area (Å²) in [4.78, 5) is 2.09. The lowest BCUT2D eigenvalue weighted by Gasteiger charge is -2.28. The standard InChI is InChI=1S/C8H17FN2/c1-6(2)11(3)8-5-10-4-7(8)9/h6-8,10H,4-5H2,1-3H3. The zero-order chi connectivity index (χ0) is 8.43. The second kappa shape index (κ2) is 3.50. The van der Waals surface area contributed by atoms with E-state index in [-0.39, 0.29) is 6.04 Å². The zero-order valence-electron chi connectivity index (χ0n) is 7.47. The minimum absolute atomic E-state index is 0.0787. The van der Waals surface area contributed by atoms with E-state index in [1.54, 1.807) is 0 Å². The van der Waals surface area contributed by atoms with Crippen LogP contribution in [0, 0.1) is 0 Å². The number of likely N-dealkylation sites (N-methyl/N-ethyl adjacent to an activating group) is 1. The van der Waals surface area contributed by atoms with E-state index in [4.69, 9.17) is 0 Å². The summed E-state index contributed by atoms with van der Waals surface area (Å²) in [5.41, 5.74) is 0. The van der Waals surface area contributed by atoms with Crippen molar-refractivity contribution in [3.63, 3.8) is 0 Å². The first kappa shape index (κ1) is 8.94. The van der Waals surface area contributed by atoms with Gasteiger partial charge in [-0.05, 0) is 20.9 Å². The van der Waals surface area contributed by atoms with Crippen molar-refractivity contribution in [1.29, 1.82) is 0 Å². The van der Waals surface area contributed by atoms with Crippen molar-refractivity contribution in [2.24, 2.45) is 0 Å². The Labute approximate surface area is 67.8 Å². The van der Waals surface area contributed by atoms with E-state index < -0.39 is 6.17 Å². The van der Waals surface area contributed by atoms with Crippen LogP contribution in [-0.2, 0) is 0 Å². The fraction of sp³-hybridized carbons (Fsp3) is 1.00. The number of rotatable bonds is 2. The van der Waals surface area contributed by atoms with Crippen LogP contribution in [0.1, 0.15) is 13.8 Å². The number of hydrogen-bond acceptors (Lipinski definition) is 2. The highest BCUT2D eigenvalue weighted by molar-refractivity contribution is 4.88. The molecule has 11 heavy (non-hydrogen) atoms. The van der Waals surface area contributed by atoms with Gasteiger partial charge in [0.05, 0.1) is 6.04 Å². The molecule has 0 amide bonds. The molecule has 1 aliphatic heterocycles. The number of alkyl halides is 1. The Morgan fingerprint density at radius 1 is 1.45 bits per heavy atom. The molecule has 2 atom stereocenters. The molecule has 1 heterocycles. The molecule has 0 aromatic carbocycles. The lowest BCUT2D eigenvalue weighted by molar-refractivity contribution is 0.143. The Morgan fingerprint density at radius 3 is 2.45 bits per heavy atom. The summed E-state index contributed by atoms with van der Waals surface area (Å²) in [7, 11) is 1.98. The van der Waals surface area contributed by atoms with Gasteiger partial charge in [0.1, 0.15) is 6.17 Å². The predicted molar refractivity (Wildman–Crippen MR) is 44.5 cm³/mol. The van der Waals surface area contributed by atoms with Crippen LogP contribution in [-0.4, -0.2) is 43.3 Å². The van der Waals surface area contributed by atoms with Crippen LogP contribution in [0.15, 0.2) is 0 Å². The first-order valence-electron chi connectivity index (χ1n) is 4.19. The normalized spacial score (nSPS) is 32.2. The molecule has 0 aliphatic carbocycles. The maximum atomic E-state index is 13.1. The third-order valence-corrected chi connectivity index (χ3v) is 2.45. The first-order valence-corrected chi connectivity index (χ1v) is 4.19. The van der Waals surface area contributed by atoms with Gasteiger partial charge in [0.25, 0.3) is 0 Å². The van der Waals surface area contributed by atoms with Crippen molar-refractivity contribution in [3.05, 3.63) is 0 Å². The Bertz CT molecular complexity index is 127. The molecule has 0 aromatic heterocycles. The lowest BCUT2D eigenvalue weighted by Crippen LogP contribution is -2.42.